The highest BCUT2D eigenvalue weighted by molar-refractivity contribution is 6.31. The molecule has 0 radical (unpaired) electrons. The molecule has 4 heteroatoms. The first kappa shape index (κ1) is 16.5. The molecular weight excluding hydrogens is 332 g/mol. The van der Waals surface area contributed by atoms with Crippen molar-refractivity contribution in [3.05, 3.63) is 64.7 Å². The fourth-order valence-electron chi connectivity index (χ4n) is 4.39. The van der Waals surface area contributed by atoms with Crippen LogP contribution in [0.25, 0.3) is 0 Å². The third kappa shape index (κ3) is 3.38. The van der Waals surface area contributed by atoms with Crippen molar-refractivity contribution in [2.75, 3.05) is 18.4 Å². The van der Waals surface area contributed by atoms with Crippen LogP contribution in [-0.2, 0) is 0 Å². The topological polar surface area (TPSA) is 32.3 Å². The molecule has 1 aliphatic heterocycles. The van der Waals surface area contributed by atoms with Crippen molar-refractivity contribution in [3.8, 4) is 0 Å². The summed E-state index contributed by atoms with van der Waals surface area (Å²) >= 11 is 6.05. The van der Waals surface area contributed by atoms with Gasteiger partial charge in [-0.2, -0.15) is 0 Å². The van der Waals surface area contributed by atoms with E-state index in [0.29, 0.717) is 17.8 Å². The summed E-state index contributed by atoms with van der Waals surface area (Å²) in [6.07, 6.45) is 2.39. The third-order valence-electron chi connectivity index (χ3n) is 5.72. The predicted molar refractivity (Wildman–Crippen MR) is 102 cm³/mol. The molecule has 1 N–H and O–H groups in total. The molecule has 4 rings (SSSR count). The molecule has 25 heavy (non-hydrogen) atoms. The minimum atomic E-state index is 0.00684. The van der Waals surface area contributed by atoms with Gasteiger partial charge in [-0.25, -0.2) is 4.79 Å². The Bertz CT molecular complexity index is 763. The van der Waals surface area contributed by atoms with Crippen LogP contribution in [0.1, 0.15) is 29.9 Å². The van der Waals surface area contributed by atoms with Gasteiger partial charge in [0.2, 0.25) is 0 Å². The molecule has 2 aliphatic rings. The van der Waals surface area contributed by atoms with Gasteiger partial charge in [-0.3, -0.25) is 0 Å². The lowest BCUT2D eigenvalue weighted by atomic mass is 9.96. The van der Waals surface area contributed by atoms with Gasteiger partial charge in [0.25, 0.3) is 0 Å². The number of halogens is 1. The molecule has 2 aromatic rings. The van der Waals surface area contributed by atoms with Crippen LogP contribution in [0.3, 0.4) is 0 Å². The van der Waals surface area contributed by atoms with E-state index in [1.165, 1.54) is 18.4 Å². The van der Waals surface area contributed by atoms with E-state index in [-0.39, 0.29) is 6.03 Å². The molecule has 1 aliphatic carbocycles. The second-order valence-electron chi connectivity index (χ2n) is 7.40. The summed E-state index contributed by atoms with van der Waals surface area (Å²) in [5.74, 6) is 1.91. The fourth-order valence-corrected chi connectivity index (χ4v) is 4.51. The number of hydrogen-bond acceptors (Lipinski definition) is 1. The highest BCUT2D eigenvalue weighted by atomic mass is 35.5. The molecule has 130 valence electrons. The third-order valence-corrected chi connectivity index (χ3v) is 6.14. The molecular formula is C21H23ClN2O. The van der Waals surface area contributed by atoms with Crippen LogP contribution < -0.4 is 5.32 Å². The molecule has 0 spiro atoms. The lowest BCUT2D eigenvalue weighted by molar-refractivity contribution is 0.218. The van der Waals surface area contributed by atoms with Crippen LogP contribution in [0, 0.1) is 18.8 Å². The molecule has 2 aromatic carbocycles. The zero-order valence-electron chi connectivity index (χ0n) is 14.4. The number of carbonyl (C=O) groups is 1. The van der Waals surface area contributed by atoms with E-state index in [1.54, 1.807) is 0 Å². The SMILES string of the molecule is Cc1cc(NC(=O)N2C[C@H]3C[C@@H](c4ccccc4)C[C@H]3C2)ccc1Cl. The predicted octanol–water partition coefficient (Wildman–Crippen LogP) is 5.31. The lowest BCUT2D eigenvalue weighted by Gasteiger charge is -2.20. The van der Waals surface area contributed by atoms with Crippen molar-refractivity contribution in [2.24, 2.45) is 11.8 Å². The Morgan fingerprint density at radius 2 is 1.76 bits per heavy atom. The first-order chi connectivity index (χ1) is 12.1. The average molecular weight is 355 g/mol. The summed E-state index contributed by atoms with van der Waals surface area (Å²) in [7, 11) is 0. The van der Waals surface area contributed by atoms with Gasteiger partial charge in [0.15, 0.2) is 0 Å². The number of urea groups is 1. The first-order valence-electron chi connectivity index (χ1n) is 8.97. The Morgan fingerprint density at radius 3 is 2.40 bits per heavy atom. The van der Waals surface area contributed by atoms with Gasteiger partial charge >= 0.3 is 6.03 Å². The van der Waals surface area contributed by atoms with Crippen LogP contribution in [0.2, 0.25) is 5.02 Å². The van der Waals surface area contributed by atoms with Gasteiger partial charge in [-0.15, -0.1) is 0 Å². The standard InChI is InChI=1S/C21H23ClN2O/c1-14-9-19(7-8-20(14)22)23-21(25)24-12-17-10-16(11-18(17)13-24)15-5-3-2-4-6-15/h2-9,16-18H,10-13H2,1H3,(H,23,25)/t16-,17-,18+. The number of fused-ring (bicyclic) bond motifs is 1. The van der Waals surface area contributed by atoms with E-state index in [1.807, 2.05) is 30.0 Å². The number of rotatable bonds is 2. The number of nitrogens with zero attached hydrogens (tertiary/aromatic N) is 1. The average Bonchev–Trinajstić information content (AvgIpc) is 3.18. The zero-order chi connectivity index (χ0) is 17.4. The quantitative estimate of drug-likeness (QED) is 0.779. The first-order valence-corrected chi connectivity index (χ1v) is 9.35. The smallest absolute Gasteiger partial charge is 0.321 e. The van der Waals surface area contributed by atoms with Gasteiger partial charge in [0, 0.05) is 23.8 Å². The number of carbonyl (C=O) groups excluding carboxylic acids is 1. The largest absolute Gasteiger partial charge is 0.324 e. The summed E-state index contributed by atoms with van der Waals surface area (Å²) in [4.78, 5) is 14.5. The molecule has 3 nitrogen and oxygen atoms in total. The van der Waals surface area contributed by atoms with Gasteiger partial charge < -0.3 is 10.2 Å². The molecule has 0 unspecified atom stereocenters. The van der Waals surface area contributed by atoms with Crippen molar-refractivity contribution in [1.29, 1.82) is 0 Å². The zero-order valence-corrected chi connectivity index (χ0v) is 15.2. The number of benzene rings is 2. The Balaban J connectivity index is 1.36. The maximum Gasteiger partial charge on any atom is 0.321 e. The number of hydrogen-bond donors (Lipinski definition) is 1. The van der Waals surface area contributed by atoms with Crippen molar-refractivity contribution >= 4 is 23.3 Å². The molecule has 0 aromatic heterocycles. The summed E-state index contributed by atoms with van der Waals surface area (Å²) in [5.41, 5.74) is 3.24. The second kappa shape index (κ2) is 6.72. The fraction of sp³-hybridized carbons (Fsp3) is 0.381. The van der Waals surface area contributed by atoms with Gasteiger partial charge in [-0.05, 0) is 66.8 Å². The molecule has 1 heterocycles. The highest BCUT2D eigenvalue weighted by Gasteiger charge is 2.42. The number of aryl methyl sites for hydroxylation is 1. The van der Waals surface area contributed by atoms with E-state index in [0.717, 1.165) is 29.4 Å². The van der Waals surface area contributed by atoms with E-state index in [9.17, 15) is 4.79 Å². The maximum absolute atomic E-state index is 12.6. The van der Waals surface area contributed by atoms with Crippen LogP contribution in [0.15, 0.2) is 48.5 Å². The van der Waals surface area contributed by atoms with Crippen molar-refractivity contribution in [1.82, 2.24) is 4.90 Å². The maximum atomic E-state index is 12.6. The van der Waals surface area contributed by atoms with Crippen LogP contribution in [0.5, 0.6) is 0 Å². The van der Waals surface area contributed by atoms with E-state index in [4.69, 9.17) is 11.6 Å². The van der Waals surface area contributed by atoms with E-state index >= 15 is 0 Å². The summed E-state index contributed by atoms with van der Waals surface area (Å²) in [5, 5.41) is 3.74. The van der Waals surface area contributed by atoms with Crippen LogP contribution in [0.4, 0.5) is 10.5 Å². The van der Waals surface area contributed by atoms with Crippen LogP contribution in [-0.4, -0.2) is 24.0 Å². The number of likely N-dealkylation sites (tertiary alicyclic amines) is 1. The second-order valence-corrected chi connectivity index (χ2v) is 7.81. The minimum Gasteiger partial charge on any atom is -0.324 e. The Labute approximate surface area is 154 Å². The van der Waals surface area contributed by atoms with Crippen molar-refractivity contribution < 1.29 is 4.79 Å². The molecule has 2 fully saturated rings. The van der Waals surface area contributed by atoms with Crippen LogP contribution >= 0.6 is 11.6 Å². The minimum absolute atomic E-state index is 0.00684. The number of nitrogens with one attached hydrogen (secondary N) is 1. The molecule has 2 amide bonds. The van der Waals surface area contributed by atoms with E-state index < -0.39 is 0 Å². The normalized spacial score (nSPS) is 25.0. The Hall–Kier alpha value is -2.00. The van der Waals surface area contributed by atoms with Gasteiger partial charge in [0.1, 0.15) is 0 Å². The molecule has 0 bridgehead atoms. The Morgan fingerprint density at radius 1 is 1.08 bits per heavy atom. The molecule has 1 saturated heterocycles. The number of amides is 2. The van der Waals surface area contributed by atoms with Gasteiger partial charge in [0.05, 0.1) is 0 Å². The van der Waals surface area contributed by atoms with Crippen molar-refractivity contribution in [3.63, 3.8) is 0 Å². The van der Waals surface area contributed by atoms with Gasteiger partial charge in [-0.1, -0.05) is 41.9 Å². The molecule has 3 atom stereocenters. The van der Waals surface area contributed by atoms with Crippen molar-refractivity contribution in [2.45, 2.75) is 25.7 Å². The monoisotopic (exact) mass is 354 g/mol. The summed E-state index contributed by atoms with van der Waals surface area (Å²) in [6, 6.07) is 16.4. The summed E-state index contributed by atoms with van der Waals surface area (Å²) < 4.78 is 0. The molecule has 1 saturated carbocycles. The highest BCUT2D eigenvalue weighted by Crippen LogP contribution is 2.46. The lowest BCUT2D eigenvalue weighted by Crippen LogP contribution is -2.33. The van der Waals surface area contributed by atoms with E-state index in [2.05, 4.69) is 35.6 Å². The Kier molecular flexibility index (Phi) is 4.43. The number of anilines is 1. The summed E-state index contributed by atoms with van der Waals surface area (Å²) in [6.45, 7) is 3.68.